The summed E-state index contributed by atoms with van der Waals surface area (Å²) in [6, 6.07) is 0. The Kier molecular flexibility index (Phi) is 3.72. The number of hydrogen-bond donors (Lipinski definition) is 3. The molecular weight excluding hydrogens is 226 g/mol. The largest absolute Gasteiger partial charge is 0.494 e. The van der Waals surface area contributed by atoms with E-state index in [1.807, 2.05) is 18.8 Å². The Balaban J connectivity index is 3.31. The van der Waals surface area contributed by atoms with Crippen LogP contribution in [0.15, 0.2) is 9.59 Å². The Hall–Kier alpha value is -2.05. The Bertz CT molecular complexity index is 541. The summed E-state index contributed by atoms with van der Waals surface area (Å²) in [5, 5.41) is 9.68. The van der Waals surface area contributed by atoms with Crippen molar-refractivity contribution in [3.8, 4) is 5.88 Å². The maximum absolute atomic E-state index is 11.4. The summed E-state index contributed by atoms with van der Waals surface area (Å²) in [6.07, 6.45) is 0.623. The van der Waals surface area contributed by atoms with Gasteiger partial charge in [0, 0.05) is 6.54 Å². The molecule has 1 aromatic rings. The summed E-state index contributed by atoms with van der Waals surface area (Å²) >= 11 is 0. The van der Waals surface area contributed by atoms with Crippen molar-refractivity contribution in [2.75, 3.05) is 0 Å². The van der Waals surface area contributed by atoms with Crippen LogP contribution in [0, 0.1) is 5.92 Å². The number of hydrogen-bond acceptors (Lipinski definition) is 4. The number of nitrogens with one attached hydrogen (secondary N) is 1. The summed E-state index contributed by atoms with van der Waals surface area (Å²) < 4.78 is 0.932. The first-order chi connectivity index (χ1) is 7.84. The lowest BCUT2D eigenvalue weighted by atomic mass is 10.1. The highest BCUT2D eigenvalue weighted by molar-refractivity contribution is 5.94. The van der Waals surface area contributed by atoms with Crippen LogP contribution in [0.5, 0.6) is 5.88 Å². The maximum Gasteiger partial charge on any atom is 0.331 e. The van der Waals surface area contributed by atoms with Crippen LogP contribution in [0.3, 0.4) is 0 Å². The predicted octanol–water partition coefficient (Wildman–Crippen LogP) is -0.613. The molecule has 7 heteroatoms. The van der Waals surface area contributed by atoms with Gasteiger partial charge in [0.05, 0.1) is 0 Å². The molecule has 0 saturated carbocycles. The molecule has 0 aliphatic carbocycles. The van der Waals surface area contributed by atoms with Gasteiger partial charge in [-0.3, -0.25) is 19.1 Å². The molecule has 0 aromatic carbocycles. The van der Waals surface area contributed by atoms with Crippen molar-refractivity contribution in [3.05, 3.63) is 26.4 Å². The first kappa shape index (κ1) is 13.0. The molecule has 1 rings (SSSR count). The van der Waals surface area contributed by atoms with Gasteiger partial charge in [-0.25, -0.2) is 4.79 Å². The van der Waals surface area contributed by atoms with Gasteiger partial charge < -0.3 is 10.8 Å². The maximum atomic E-state index is 11.4. The van der Waals surface area contributed by atoms with Crippen molar-refractivity contribution in [1.29, 1.82) is 0 Å². The summed E-state index contributed by atoms with van der Waals surface area (Å²) in [5.41, 5.74) is 2.64. The molecule has 0 bridgehead atoms. The molecule has 0 aliphatic rings. The SMILES string of the molecule is CC(C)CCn1c(O)c(C(N)=O)c(=O)[nH]c1=O. The zero-order valence-electron chi connectivity index (χ0n) is 9.69. The molecule has 1 heterocycles. The third kappa shape index (κ3) is 2.74. The number of carbonyl (C=O) groups excluding carboxylic acids is 1. The van der Waals surface area contributed by atoms with Crippen molar-refractivity contribution < 1.29 is 9.90 Å². The van der Waals surface area contributed by atoms with Gasteiger partial charge in [0.15, 0.2) is 5.56 Å². The second-order valence-corrected chi connectivity index (χ2v) is 4.16. The number of amides is 1. The van der Waals surface area contributed by atoms with Crippen LogP contribution < -0.4 is 17.0 Å². The van der Waals surface area contributed by atoms with Crippen LogP contribution in [0.1, 0.15) is 30.6 Å². The molecule has 17 heavy (non-hydrogen) atoms. The van der Waals surface area contributed by atoms with Gasteiger partial charge in [0.2, 0.25) is 5.88 Å². The number of H-pyrrole nitrogens is 1. The number of aromatic hydroxyl groups is 1. The molecule has 0 aliphatic heterocycles. The molecule has 4 N–H and O–H groups in total. The molecule has 1 amide bonds. The van der Waals surface area contributed by atoms with Crippen LogP contribution in [0.25, 0.3) is 0 Å². The summed E-state index contributed by atoms with van der Waals surface area (Å²) in [6.45, 7) is 4.10. The van der Waals surface area contributed by atoms with Gasteiger partial charge in [0.25, 0.3) is 11.5 Å². The highest BCUT2D eigenvalue weighted by Gasteiger charge is 2.18. The van der Waals surface area contributed by atoms with E-state index in [9.17, 15) is 19.5 Å². The smallest absolute Gasteiger partial charge is 0.331 e. The van der Waals surface area contributed by atoms with E-state index in [2.05, 4.69) is 0 Å². The second-order valence-electron chi connectivity index (χ2n) is 4.16. The van der Waals surface area contributed by atoms with E-state index in [1.54, 1.807) is 0 Å². The van der Waals surface area contributed by atoms with E-state index in [1.165, 1.54) is 0 Å². The van der Waals surface area contributed by atoms with Crippen LogP contribution in [0.2, 0.25) is 0 Å². The summed E-state index contributed by atoms with van der Waals surface area (Å²) in [5.74, 6) is -1.43. The molecule has 94 valence electrons. The molecule has 0 unspecified atom stereocenters. The lowest BCUT2D eigenvalue weighted by molar-refractivity contribution is 0.0994. The molecule has 1 aromatic heterocycles. The van der Waals surface area contributed by atoms with Gasteiger partial charge in [-0.2, -0.15) is 0 Å². The minimum atomic E-state index is -1.07. The monoisotopic (exact) mass is 241 g/mol. The van der Waals surface area contributed by atoms with Crippen LogP contribution in [-0.2, 0) is 6.54 Å². The van der Waals surface area contributed by atoms with E-state index in [0.29, 0.717) is 12.3 Å². The standard InChI is InChI=1S/C10H15N3O4/c1-5(2)3-4-13-9(16)6(7(11)14)8(15)12-10(13)17/h5,16H,3-4H2,1-2H3,(H2,11,14)(H,12,15,17). The van der Waals surface area contributed by atoms with E-state index in [4.69, 9.17) is 5.73 Å². The fraction of sp³-hybridized carbons (Fsp3) is 0.500. The summed E-state index contributed by atoms with van der Waals surface area (Å²) in [4.78, 5) is 35.6. The Morgan fingerprint density at radius 1 is 1.47 bits per heavy atom. The van der Waals surface area contributed by atoms with Crippen molar-refractivity contribution >= 4 is 5.91 Å². The zero-order valence-corrected chi connectivity index (χ0v) is 9.69. The average molecular weight is 241 g/mol. The fourth-order valence-corrected chi connectivity index (χ4v) is 1.38. The number of nitrogens with two attached hydrogens (primary N) is 1. The normalized spacial score (nSPS) is 10.8. The number of rotatable bonds is 4. The third-order valence-electron chi connectivity index (χ3n) is 2.35. The molecule has 7 nitrogen and oxygen atoms in total. The second kappa shape index (κ2) is 4.86. The number of aromatic nitrogens is 2. The van der Waals surface area contributed by atoms with Gasteiger partial charge in [0.1, 0.15) is 0 Å². The van der Waals surface area contributed by atoms with E-state index < -0.39 is 28.6 Å². The molecule has 0 radical (unpaired) electrons. The number of nitrogens with zero attached hydrogens (tertiary/aromatic N) is 1. The van der Waals surface area contributed by atoms with Gasteiger partial charge in [-0.15, -0.1) is 0 Å². The molecule has 0 spiro atoms. The minimum Gasteiger partial charge on any atom is -0.494 e. The minimum absolute atomic E-state index is 0.208. The Morgan fingerprint density at radius 3 is 2.53 bits per heavy atom. The van der Waals surface area contributed by atoms with E-state index in [-0.39, 0.29) is 6.54 Å². The quantitative estimate of drug-likeness (QED) is 0.651. The topological polar surface area (TPSA) is 118 Å². The van der Waals surface area contributed by atoms with Gasteiger partial charge in [-0.05, 0) is 12.3 Å². The highest BCUT2D eigenvalue weighted by Crippen LogP contribution is 2.11. The van der Waals surface area contributed by atoms with Crippen LogP contribution >= 0.6 is 0 Å². The number of carbonyl (C=O) groups is 1. The van der Waals surface area contributed by atoms with Crippen molar-refractivity contribution in [1.82, 2.24) is 9.55 Å². The first-order valence-corrected chi connectivity index (χ1v) is 5.20. The third-order valence-corrected chi connectivity index (χ3v) is 2.35. The Labute approximate surface area is 96.9 Å². The van der Waals surface area contributed by atoms with E-state index in [0.717, 1.165) is 4.57 Å². The van der Waals surface area contributed by atoms with Crippen molar-refractivity contribution in [3.63, 3.8) is 0 Å². The molecular formula is C10H15N3O4. The fourth-order valence-electron chi connectivity index (χ4n) is 1.38. The Morgan fingerprint density at radius 2 is 2.06 bits per heavy atom. The number of aromatic amines is 1. The van der Waals surface area contributed by atoms with Crippen LogP contribution in [-0.4, -0.2) is 20.6 Å². The average Bonchev–Trinajstić information content (AvgIpc) is 2.14. The van der Waals surface area contributed by atoms with E-state index >= 15 is 0 Å². The highest BCUT2D eigenvalue weighted by atomic mass is 16.3. The lowest BCUT2D eigenvalue weighted by Crippen LogP contribution is -2.35. The van der Waals surface area contributed by atoms with Crippen LogP contribution in [0.4, 0.5) is 0 Å². The van der Waals surface area contributed by atoms with Gasteiger partial charge in [-0.1, -0.05) is 13.8 Å². The molecule has 0 saturated heterocycles. The van der Waals surface area contributed by atoms with Crippen molar-refractivity contribution in [2.24, 2.45) is 11.7 Å². The summed E-state index contributed by atoms with van der Waals surface area (Å²) in [7, 11) is 0. The van der Waals surface area contributed by atoms with Gasteiger partial charge >= 0.3 is 5.69 Å². The zero-order chi connectivity index (χ0) is 13.2. The lowest BCUT2D eigenvalue weighted by Gasteiger charge is -2.10. The first-order valence-electron chi connectivity index (χ1n) is 5.20. The molecule has 0 fully saturated rings. The number of primary amides is 1. The predicted molar refractivity (Wildman–Crippen MR) is 61.0 cm³/mol. The van der Waals surface area contributed by atoms with Crippen molar-refractivity contribution in [2.45, 2.75) is 26.8 Å². The molecule has 0 atom stereocenters.